The molecule has 2 aromatic carbocycles. The summed E-state index contributed by atoms with van der Waals surface area (Å²) in [7, 11) is -4.03. The molecule has 0 N–H and O–H groups in total. The van der Waals surface area contributed by atoms with Gasteiger partial charge >= 0.3 is 6.18 Å². The lowest BCUT2D eigenvalue weighted by Gasteiger charge is -2.10. The Morgan fingerprint density at radius 3 is 2.22 bits per heavy atom. The maximum absolute atomic E-state index is 12.7. The fourth-order valence-electron chi connectivity index (χ4n) is 2.35. The van der Waals surface area contributed by atoms with E-state index in [0.29, 0.717) is 11.0 Å². The molecular weight excluding hydrogens is 329 g/mol. The van der Waals surface area contributed by atoms with E-state index in [9.17, 15) is 21.6 Å². The van der Waals surface area contributed by atoms with Gasteiger partial charge in [0, 0.05) is 0 Å². The lowest BCUT2D eigenvalue weighted by molar-refractivity contribution is -0.137. The number of fused-ring (bicyclic) bond motifs is 1. The number of halogens is 3. The molecule has 0 atom stereocenters. The molecule has 1 aromatic heterocycles. The Kier molecular flexibility index (Phi) is 3.44. The summed E-state index contributed by atoms with van der Waals surface area (Å²) in [6.45, 7) is 1.53. The van der Waals surface area contributed by atoms with E-state index in [1.807, 2.05) is 0 Å². The number of para-hydroxylation sites is 2. The van der Waals surface area contributed by atoms with Crippen molar-refractivity contribution in [2.75, 3.05) is 0 Å². The van der Waals surface area contributed by atoms with Crippen molar-refractivity contribution in [2.45, 2.75) is 18.0 Å². The predicted molar refractivity (Wildman–Crippen MR) is 78.5 cm³/mol. The van der Waals surface area contributed by atoms with Crippen molar-refractivity contribution in [3.05, 3.63) is 59.9 Å². The molecule has 0 amide bonds. The monoisotopic (exact) mass is 340 g/mol. The van der Waals surface area contributed by atoms with E-state index in [4.69, 9.17) is 0 Å². The number of hydrogen-bond acceptors (Lipinski definition) is 3. The molecule has 4 nitrogen and oxygen atoms in total. The number of hydrogen-bond donors (Lipinski definition) is 0. The SMILES string of the molecule is Cc1nc2ccccc2n1S(=O)(=O)c1ccc(C(F)(F)F)cc1. The summed E-state index contributed by atoms with van der Waals surface area (Å²) >= 11 is 0. The van der Waals surface area contributed by atoms with Gasteiger partial charge < -0.3 is 0 Å². The minimum atomic E-state index is -4.51. The van der Waals surface area contributed by atoms with Gasteiger partial charge in [0.2, 0.25) is 0 Å². The Labute approximate surface area is 130 Å². The van der Waals surface area contributed by atoms with Gasteiger partial charge in [-0.25, -0.2) is 17.4 Å². The molecule has 0 saturated heterocycles. The molecule has 0 radical (unpaired) electrons. The Morgan fingerprint density at radius 1 is 1.00 bits per heavy atom. The number of aryl methyl sites for hydroxylation is 1. The van der Waals surface area contributed by atoms with Crippen LogP contribution in [0.3, 0.4) is 0 Å². The highest BCUT2D eigenvalue weighted by molar-refractivity contribution is 7.90. The molecule has 3 rings (SSSR count). The van der Waals surface area contributed by atoms with Crippen LogP contribution >= 0.6 is 0 Å². The molecule has 0 aliphatic rings. The van der Waals surface area contributed by atoms with Crippen molar-refractivity contribution in [3.63, 3.8) is 0 Å². The zero-order valence-corrected chi connectivity index (χ0v) is 12.7. The molecule has 23 heavy (non-hydrogen) atoms. The van der Waals surface area contributed by atoms with Crippen LogP contribution in [0.4, 0.5) is 13.2 Å². The van der Waals surface area contributed by atoms with Crippen molar-refractivity contribution in [1.29, 1.82) is 0 Å². The van der Waals surface area contributed by atoms with Crippen LogP contribution in [0, 0.1) is 6.92 Å². The van der Waals surface area contributed by atoms with E-state index < -0.39 is 21.8 Å². The molecular formula is C15H11F3N2O2S. The zero-order chi connectivity index (χ0) is 16.8. The summed E-state index contributed by atoms with van der Waals surface area (Å²) in [6.07, 6.45) is -4.51. The van der Waals surface area contributed by atoms with Crippen LogP contribution in [-0.2, 0) is 16.2 Å². The summed E-state index contributed by atoms with van der Waals surface area (Å²) in [5.41, 5.74) is -0.0194. The largest absolute Gasteiger partial charge is 0.416 e. The van der Waals surface area contributed by atoms with Crippen LogP contribution in [0.25, 0.3) is 11.0 Å². The van der Waals surface area contributed by atoms with E-state index in [-0.39, 0.29) is 10.7 Å². The number of rotatable bonds is 2. The topological polar surface area (TPSA) is 52.0 Å². The maximum atomic E-state index is 12.7. The summed E-state index contributed by atoms with van der Waals surface area (Å²) in [5, 5.41) is 0. The van der Waals surface area contributed by atoms with Gasteiger partial charge in [-0.2, -0.15) is 13.2 Å². The molecule has 0 aliphatic carbocycles. The molecule has 0 bridgehead atoms. The quantitative estimate of drug-likeness (QED) is 0.716. The van der Waals surface area contributed by atoms with Gasteiger partial charge in [-0.3, -0.25) is 0 Å². The van der Waals surface area contributed by atoms with E-state index in [1.165, 1.54) is 6.92 Å². The van der Waals surface area contributed by atoms with E-state index in [0.717, 1.165) is 28.2 Å². The molecule has 0 aliphatic heterocycles. The van der Waals surface area contributed by atoms with Crippen LogP contribution < -0.4 is 0 Å². The molecule has 8 heteroatoms. The first kappa shape index (κ1) is 15.5. The molecule has 0 fully saturated rings. The van der Waals surface area contributed by atoms with Crippen molar-refractivity contribution in [1.82, 2.24) is 8.96 Å². The molecule has 1 heterocycles. The van der Waals surface area contributed by atoms with Crippen LogP contribution in [0.5, 0.6) is 0 Å². The van der Waals surface area contributed by atoms with Gasteiger partial charge in [0.25, 0.3) is 10.0 Å². The third-order valence-corrected chi connectivity index (χ3v) is 5.21. The Bertz CT molecular complexity index is 974. The second-order valence-electron chi connectivity index (χ2n) is 4.94. The van der Waals surface area contributed by atoms with Crippen molar-refractivity contribution in [2.24, 2.45) is 0 Å². The average Bonchev–Trinajstić information content (AvgIpc) is 2.83. The second-order valence-corrected chi connectivity index (χ2v) is 6.73. The second kappa shape index (κ2) is 5.09. The molecule has 0 unspecified atom stereocenters. The highest BCUT2D eigenvalue weighted by atomic mass is 32.2. The van der Waals surface area contributed by atoms with Gasteiger partial charge in [0.05, 0.1) is 21.5 Å². The third kappa shape index (κ3) is 2.59. The van der Waals surface area contributed by atoms with Crippen LogP contribution in [-0.4, -0.2) is 17.4 Å². The lowest BCUT2D eigenvalue weighted by atomic mass is 10.2. The number of benzene rings is 2. The fraction of sp³-hybridized carbons (Fsp3) is 0.133. The van der Waals surface area contributed by atoms with E-state index >= 15 is 0 Å². The van der Waals surface area contributed by atoms with Gasteiger partial charge in [-0.15, -0.1) is 0 Å². The molecule has 3 aromatic rings. The summed E-state index contributed by atoms with van der Waals surface area (Å²) < 4.78 is 64.3. The van der Waals surface area contributed by atoms with Crippen molar-refractivity contribution < 1.29 is 21.6 Å². The first-order valence-corrected chi connectivity index (χ1v) is 8.02. The zero-order valence-electron chi connectivity index (χ0n) is 11.9. The number of nitrogens with zero attached hydrogens (tertiary/aromatic N) is 2. The standard InChI is InChI=1S/C15H11F3N2O2S/c1-10-19-13-4-2-3-5-14(13)20(10)23(21,22)12-8-6-11(7-9-12)15(16,17)18/h2-9H,1H3. The minimum Gasteiger partial charge on any atom is -0.232 e. The molecule has 120 valence electrons. The van der Waals surface area contributed by atoms with E-state index in [1.54, 1.807) is 24.3 Å². The first-order valence-electron chi connectivity index (χ1n) is 6.58. The van der Waals surface area contributed by atoms with Crippen molar-refractivity contribution in [3.8, 4) is 0 Å². The van der Waals surface area contributed by atoms with Crippen LogP contribution in [0.1, 0.15) is 11.4 Å². The van der Waals surface area contributed by atoms with Gasteiger partial charge in [-0.1, -0.05) is 12.1 Å². The van der Waals surface area contributed by atoms with Gasteiger partial charge in [-0.05, 0) is 43.3 Å². The van der Waals surface area contributed by atoms with Gasteiger partial charge in [0.15, 0.2) is 0 Å². The van der Waals surface area contributed by atoms with Crippen molar-refractivity contribution >= 4 is 21.1 Å². The van der Waals surface area contributed by atoms with Crippen LogP contribution in [0.2, 0.25) is 0 Å². The number of aromatic nitrogens is 2. The van der Waals surface area contributed by atoms with E-state index in [2.05, 4.69) is 4.98 Å². The Morgan fingerprint density at radius 2 is 1.61 bits per heavy atom. The highest BCUT2D eigenvalue weighted by Gasteiger charge is 2.31. The fourth-order valence-corrected chi connectivity index (χ4v) is 3.84. The average molecular weight is 340 g/mol. The highest BCUT2D eigenvalue weighted by Crippen LogP contribution is 2.30. The molecule has 0 saturated carbocycles. The Hall–Kier alpha value is -2.35. The molecule has 0 spiro atoms. The summed E-state index contributed by atoms with van der Waals surface area (Å²) in [6, 6.07) is 10.1. The summed E-state index contributed by atoms with van der Waals surface area (Å²) in [4.78, 5) is 3.94. The third-order valence-electron chi connectivity index (χ3n) is 3.40. The number of alkyl halides is 3. The maximum Gasteiger partial charge on any atom is 0.416 e. The van der Waals surface area contributed by atoms with Gasteiger partial charge in [0.1, 0.15) is 5.82 Å². The minimum absolute atomic E-state index is 0.225. The summed E-state index contributed by atoms with van der Waals surface area (Å²) in [5.74, 6) is 0.242. The first-order chi connectivity index (χ1) is 10.7. The normalized spacial score (nSPS) is 12.7. The number of imidazole rings is 1. The predicted octanol–water partition coefficient (Wildman–Crippen LogP) is 3.60. The lowest BCUT2D eigenvalue weighted by Crippen LogP contribution is -2.15. The smallest absolute Gasteiger partial charge is 0.232 e. The van der Waals surface area contributed by atoms with Crippen LogP contribution in [0.15, 0.2) is 53.4 Å². The Balaban J connectivity index is 2.16.